The predicted molar refractivity (Wildman–Crippen MR) is 134 cm³/mol. The van der Waals surface area contributed by atoms with E-state index in [0.717, 1.165) is 19.3 Å². The molecule has 3 aliphatic rings. The highest BCUT2D eigenvalue weighted by molar-refractivity contribution is 6.38. The summed E-state index contributed by atoms with van der Waals surface area (Å²) < 4.78 is 14.2. The van der Waals surface area contributed by atoms with E-state index in [-0.39, 0.29) is 45.4 Å². The highest BCUT2D eigenvalue weighted by Gasteiger charge is 2.50. The van der Waals surface area contributed by atoms with Crippen LogP contribution in [0.5, 0.6) is 0 Å². The second-order valence-electron chi connectivity index (χ2n) is 10.1. The van der Waals surface area contributed by atoms with E-state index >= 15 is 0 Å². The van der Waals surface area contributed by atoms with Crippen LogP contribution in [0.25, 0.3) is 10.9 Å². The van der Waals surface area contributed by atoms with Crippen molar-refractivity contribution in [3.8, 4) is 0 Å². The van der Waals surface area contributed by atoms with Crippen LogP contribution in [0.15, 0.2) is 12.1 Å². The second-order valence-corrected chi connectivity index (χ2v) is 10.9. The molecule has 3 amide bonds. The van der Waals surface area contributed by atoms with Crippen LogP contribution in [0.3, 0.4) is 0 Å². The van der Waals surface area contributed by atoms with Crippen LogP contribution in [0, 0.1) is 23.6 Å². The maximum absolute atomic E-state index is 14.2. The van der Waals surface area contributed by atoms with Crippen molar-refractivity contribution in [1.29, 1.82) is 0 Å². The van der Waals surface area contributed by atoms with Gasteiger partial charge in [0.05, 0.1) is 16.6 Å². The van der Waals surface area contributed by atoms with Gasteiger partial charge in [0.2, 0.25) is 11.8 Å². The lowest BCUT2D eigenvalue weighted by Gasteiger charge is -2.29. The molecule has 0 bridgehead atoms. The van der Waals surface area contributed by atoms with E-state index in [0.29, 0.717) is 24.9 Å². The van der Waals surface area contributed by atoms with Crippen LogP contribution in [0.2, 0.25) is 10.0 Å². The lowest BCUT2D eigenvalue weighted by atomic mass is 9.92. The van der Waals surface area contributed by atoms with Gasteiger partial charge in [-0.3, -0.25) is 19.2 Å². The van der Waals surface area contributed by atoms with Crippen molar-refractivity contribution in [3.05, 3.63) is 33.7 Å². The Labute approximate surface area is 222 Å². The molecule has 0 radical (unpaired) electrons. The number of aliphatic hydroxyl groups excluding tert-OH is 1. The van der Waals surface area contributed by atoms with Crippen LogP contribution in [0.1, 0.15) is 42.6 Å². The SMILES string of the molecule is O=C1NCCC1CC(NC(=O)C1C2CCCC2CN1C(=O)c1cc2cc(Cl)c(F)c(Cl)c2[nH]1)C(=O)CO. The van der Waals surface area contributed by atoms with Gasteiger partial charge in [0.25, 0.3) is 5.91 Å². The van der Waals surface area contributed by atoms with Crippen molar-refractivity contribution in [2.75, 3.05) is 19.7 Å². The maximum atomic E-state index is 14.2. The number of benzene rings is 1. The molecule has 4 N–H and O–H groups in total. The van der Waals surface area contributed by atoms with Gasteiger partial charge in [-0.2, -0.15) is 0 Å². The number of carbonyl (C=O) groups is 4. The number of H-pyrrole nitrogens is 1. The maximum Gasteiger partial charge on any atom is 0.271 e. The highest BCUT2D eigenvalue weighted by Crippen LogP contribution is 2.43. The summed E-state index contributed by atoms with van der Waals surface area (Å²) >= 11 is 12.0. The average molecular weight is 553 g/mol. The number of aromatic amines is 1. The molecule has 2 aromatic rings. The molecule has 3 heterocycles. The molecular formula is C25H27Cl2FN4O5. The number of amides is 3. The Kier molecular flexibility index (Phi) is 7.17. The van der Waals surface area contributed by atoms with Crippen molar-refractivity contribution >= 4 is 57.6 Å². The van der Waals surface area contributed by atoms with E-state index in [1.54, 1.807) is 0 Å². The summed E-state index contributed by atoms with van der Waals surface area (Å²) in [5.74, 6) is -2.89. The summed E-state index contributed by atoms with van der Waals surface area (Å²) in [5.41, 5.74) is 0.373. The molecule has 37 heavy (non-hydrogen) atoms. The third-order valence-corrected chi connectivity index (χ3v) is 8.58. The lowest BCUT2D eigenvalue weighted by Crippen LogP contribution is -2.53. The predicted octanol–water partition coefficient (Wildman–Crippen LogP) is 2.43. The summed E-state index contributed by atoms with van der Waals surface area (Å²) in [6.07, 6.45) is 3.19. The minimum Gasteiger partial charge on any atom is -0.389 e. The van der Waals surface area contributed by atoms with E-state index in [4.69, 9.17) is 23.2 Å². The Morgan fingerprint density at radius 3 is 2.70 bits per heavy atom. The van der Waals surface area contributed by atoms with E-state index in [2.05, 4.69) is 15.6 Å². The van der Waals surface area contributed by atoms with Gasteiger partial charge in [0.15, 0.2) is 11.6 Å². The number of rotatable bonds is 7. The average Bonchev–Trinajstić information content (AvgIpc) is 3.65. The van der Waals surface area contributed by atoms with Gasteiger partial charge in [-0.25, -0.2) is 4.39 Å². The molecule has 2 aliphatic heterocycles. The Bertz CT molecular complexity index is 1280. The lowest BCUT2D eigenvalue weighted by molar-refractivity contribution is -0.133. The quantitative estimate of drug-likeness (QED) is 0.392. The fraction of sp³-hybridized carbons (Fsp3) is 0.520. The van der Waals surface area contributed by atoms with Gasteiger partial charge in [0.1, 0.15) is 23.4 Å². The molecule has 12 heteroatoms. The number of nitrogens with zero attached hydrogens (tertiary/aromatic N) is 1. The number of hydrogen-bond donors (Lipinski definition) is 4. The fourth-order valence-electron chi connectivity index (χ4n) is 6.09. The number of aromatic nitrogens is 1. The van der Waals surface area contributed by atoms with Gasteiger partial charge < -0.3 is 25.6 Å². The number of aliphatic hydroxyl groups is 1. The molecule has 3 fully saturated rings. The van der Waals surface area contributed by atoms with Gasteiger partial charge in [-0.05, 0) is 49.7 Å². The smallest absolute Gasteiger partial charge is 0.271 e. The van der Waals surface area contributed by atoms with Crippen LogP contribution in [-0.2, 0) is 14.4 Å². The largest absolute Gasteiger partial charge is 0.389 e. The van der Waals surface area contributed by atoms with Crippen LogP contribution < -0.4 is 10.6 Å². The van der Waals surface area contributed by atoms with Crippen LogP contribution in [-0.4, -0.2) is 70.3 Å². The zero-order chi connectivity index (χ0) is 26.4. The Hall–Kier alpha value is -2.69. The highest BCUT2D eigenvalue weighted by atomic mass is 35.5. The number of likely N-dealkylation sites (tertiary alicyclic amines) is 1. The Morgan fingerprint density at radius 2 is 2.00 bits per heavy atom. The first-order chi connectivity index (χ1) is 17.7. The van der Waals surface area contributed by atoms with E-state index in [1.165, 1.54) is 17.0 Å². The van der Waals surface area contributed by atoms with Crippen molar-refractivity contribution in [2.45, 2.75) is 44.2 Å². The third kappa shape index (κ3) is 4.70. The first-order valence-corrected chi connectivity index (χ1v) is 13.1. The minimum atomic E-state index is -1.04. The molecule has 1 aliphatic carbocycles. The summed E-state index contributed by atoms with van der Waals surface area (Å²) in [4.78, 5) is 56.1. The number of hydrogen-bond acceptors (Lipinski definition) is 5. The fourth-order valence-corrected chi connectivity index (χ4v) is 6.61. The molecular weight excluding hydrogens is 526 g/mol. The molecule has 198 valence electrons. The molecule has 0 spiro atoms. The first-order valence-electron chi connectivity index (χ1n) is 12.4. The summed E-state index contributed by atoms with van der Waals surface area (Å²) in [6, 6.07) is 1.03. The number of fused-ring (bicyclic) bond motifs is 2. The van der Waals surface area contributed by atoms with Crippen LogP contribution >= 0.6 is 23.2 Å². The summed E-state index contributed by atoms with van der Waals surface area (Å²) in [6.45, 7) is 0.0901. The third-order valence-electron chi connectivity index (χ3n) is 7.95. The van der Waals surface area contributed by atoms with Crippen molar-refractivity contribution in [2.24, 2.45) is 17.8 Å². The van der Waals surface area contributed by atoms with Gasteiger partial charge in [-0.15, -0.1) is 0 Å². The standard InChI is InChI=1S/C25H27Cl2FN4O5/c26-15-6-13-8-17(30-21(13)19(27)20(15)28)25(37)32-9-12-2-1-3-14(12)22(32)24(36)31-16(18(34)10-33)7-11-4-5-29-23(11)35/h6,8,11-12,14,16,22,30,33H,1-5,7,9-10H2,(H,29,35)(H,31,36). The van der Waals surface area contributed by atoms with E-state index in [1.807, 2.05) is 0 Å². The minimum absolute atomic E-state index is 0.0801. The van der Waals surface area contributed by atoms with Crippen molar-refractivity contribution in [1.82, 2.24) is 20.5 Å². The normalized spacial score (nSPS) is 25.8. The summed E-state index contributed by atoms with van der Waals surface area (Å²) in [7, 11) is 0. The van der Waals surface area contributed by atoms with Crippen LogP contribution in [0.4, 0.5) is 4.39 Å². The zero-order valence-electron chi connectivity index (χ0n) is 19.9. The Balaban J connectivity index is 1.41. The molecule has 2 saturated heterocycles. The molecule has 9 nitrogen and oxygen atoms in total. The second kappa shape index (κ2) is 10.2. The van der Waals surface area contributed by atoms with E-state index < -0.39 is 48.0 Å². The number of nitrogens with one attached hydrogen (secondary N) is 3. The molecule has 5 rings (SSSR count). The molecule has 1 aromatic heterocycles. The van der Waals surface area contributed by atoms with E-state index in [9.17, 15) is 28.7 Å². The number of halogens is 3. The van der Waals surface area contributed by atoms with Gasteiger partial charge in [0, 0.05) is 24.4 Å². The molecule has 5 atom stereocenters. The van der Waals surface area contributed by atoms with Gasteiger partial charge >= 0.3 is 0 Å². The van der Waals surface area contributed by atoms with Crippen molar-refractivity contribution < 1.29 is 28.7 Å². The van der Waals surface area contributed by atoms with Gasteiger partial charge in [-0.1, -0.05) is 29.6 Å². The topological polar surface area (TPSA) is 132 Å². The number of ketones is 1. The molecule has 5 unspecified atom stereocenters. The summed E-state index contributed by atoms with van der Waals surface area (Å²) in [5, 5.41) is 15.0. The number of Topliss-reactive ketones (excluding diaryl/α,β-unsaturated/α-hetero) is 1. The first kappa shape index (κ1) is 25.9. The molecule has 1 saturated carbocycles. The zero-order valence-corrected chi connectivity index (χ0v) is 21.4. The molecule has 1 aromatic carbocycles. The van der Waals surface area contributed by atoms with Crippen molar-refractivity contribution in [3.63, 3.8) is 0 Å². The number of carbonyl (C=O) groups excluding carboxylic acids is 4. The monoisotopic (exact) mass is 552 g/mol. The Morgan fingerprint density at radius 1 is 1.22 bits per heavy atom.